The number of para-hydroxylation sites is 5. The molecule has 0 unspecified atom stereocenters. The third-order valence-corrected chi connectivity index (χ3v) is 17.0. The summed E-state index contributed by atoms with van der Waals surface area (Å²) in [5, 5.41) is 2.05. The second-order valence-corrected chi connectivity index (χ2v) is 21.7. The van der Waals surface area contributed by atoms with Crippen LogP contribution in [0.15, 0.2) is 265 Å². The number of benzene rings is 12. The molecule has 0 amide bonds. The maximum Gasteiger partial charge on any atom is 0.256 e. The van der Waals surface area contributed by atoms with Gasteiger partial charge in [0.2, 0.25) is 0 Å². The average Bonchev–Trinajstić information content (AvgIpc) is 1.49. The van der Waals surface area contributed by atoms with Crippen LogP contribution in [0, 0.1) is 0 Å². The normalized spacial score (nSPS) is 14.9. The van der Waals surface area contributed by atoms with Crippen LogP contribution in [0.1, 0.15) is 35.9 Å². The third kappa shape index (κ3) is 6.87. The minimum atomic E-state index is -0.503. The summed E-state index contributed by atoms with van der Waals surface area (Å²) in [6.07, 6.45) is 0. The molecule has 0 N–H and O–H groups in total. The van der Waals surface area contributed by atoms with Gasteiger partial charge in [-0.1, -0.05) is 196 Å². The number of nitrogens with zero attached hydrogens (tertiary/aromatic N) is 2. The number of hydrogen-bond donors (Lipinski definition) is 0. The number of rotatable bonds is 6. The highest BCUT2D eigenvalue weighted by Gasteiger charge is 2.44. The predicted octanol–water partition coefficient (Wildman–Crippen LogP) is 18.2. The van der Waals surface area contributed by atoms with Crippen LogP contribution in [0.5, 0.6) is 23.0 Å². The van der Waals surface area contributed by atoms with Crippen molar-refractivity contribution in [3.05, 3.63) is 272 Å². The molecule has 5 nitrogen and oxygen atoms in total. The van der Waals surface area contributed by atoms with E-state index in [0.29, 0.717) is 17.2 Å². The minimum absolute atomic E-state index is 0.00405. The third-order valence-electron chi connectivity index (χ3n) is 17.0. The van der Waals surface area contributed by atoms with Crippen LogP contribution in [0.3, 0.4) is 0 Å². The van der Waals surface area contributed by atoms with E-state index in [2.05, 4.69) is 146 Å². The van der Waals surface area contributed by atoms with Crippen LogP contribution < -0.4 is 30.8 Å². The van der Waals surface area contributed by atoms with Crippen LogP contribution in [0.4, 0.5) is 17.1 Å². The first-order valence-electron chi connectivity index (χ1n) is 31.3. The van der Waals surface area contributed by atoms with E-state index in [-0.39, 0.29) is 33.9 Å². The minimum Gasteiger partial charge on any atom is -0.458 e. The van der Waals surface area contributed by atoms with Gasteiger partial charge in [-0.3, -0.25) is 0 Å². The Kier molecular flexibility index (Phi) is 8.21. The van der Waals surface area contributed by atoms with E-state index in [9.17, 15) is 5.48 Å². The van der Waals surface area contributed by atoms with Gasteiger partial charge in [0, 0.05) is 66.3 Å². The van der Waals surface area contributed by atoms with E-state index < -0.39 is 48.4 Å². The van der Waals surface area contributed by atoms with Crippen molar-refractivity contribution in [2.24, 2.45) is 0 Å². The van der Waals surface area contributed by atoms with Crippen molar-refractivity contribution < 1.29 is 24.9 Å². The standard InChI is InChI=1S/C75H49BN2O3/c1-75(2)59-27-12-16-31-69(59)80-70-39-34-49(41-60(70)75)51-42-66-73-72(44-51)81-71-43-50(48-33-38-68-58(40-48)57-24-11-15-30-67(57)79-68)32-36-62(71)76(73)61-37-35-52(77-63-28-13-9-22-55(63)56-23-10-14-29-64(56)77)45-65(61)78(66)74-53(46-18-5-3-6-19-46)25-17-26-54(74)47-20-7-4-8-21-47/h3-45H,1-2H3/i9D,10D,13D,14D,22D,23D,28D,29D. The van der Waals surface area contributed by atoms with Gasteiger partial charge in [-0.15, -0.1) is 0 Å². The van der Waals surface area contributed by atoms with Crippen LogP contribution >= 0.6 is 0 Å². The van der Waals surface area contributed by atoms with Gasteiger partial charge in [0.05, 0.1) is 27.7 Å². The summed E-state index contributed by atoms with van der Waals surface area (Å²) in [6.45, 7) is 4.02. The summed E-state index contributed by atoms with van der Waals surface area (Å²) >= 11 is 0. The van der Waals surface area contributed by atoms with Crippen molar-refractivity contribution >= 4 is 83.9 Å². The summed E-state index contributed by atoms with van der Waals surface area (Å²) in [5.41, 5.74) is 16.5. The van der Waals surface area contributed by atoms with Gasteiger partial charge in [-0.05, 0) is 129 Å². The highest BCUT2D eigenvalue weighted by atomic mass is 16.5. The van der Waals surface area contributed by atoms with Crippen LogP contribution in [0.25, 0.3) is 93.9 Å². The molecule has 5 heterocycles. The molecule has 0 saturated heterocycles. The molecule has 0 spiro atoms. The van der Waals surface area contributed by atoms with Crippen molar-refractivity contribution in [3.8, 4) is 73.2 Å². The first kappa shape index (κ1) is 38.3. The van der Waals surface area contributed by atoms with Crippen LogP contribution in [-0.4, -0.2) is 11.3 Å². The lowest BCUT2D eigenvalue weighted by atomic mass is 9.34. The van der Waals surface area contributed by atoms with Crippen molar-refractivity contribution in [2.45, 2.75) is 19.3 Å². The van der Waals surface area contributed by atoms with Gasteiger partial charge in [-0.2, -0.15) is 0 Å². The van der Waals surface area contributed by atoms with Gasteiger partial charge < -0.3 is 23.4 Å². The van der Waals surface area contributed by atoms with E-state index >= 15 is 0 Å². The van der Waals surface area contributed by atoms with Gasteiger partial charge in [-0.25, -0.2) is 0 Å². The number of anilines is 3. The molecule has 14 aromatic rings. The molecule has 2 aromatic heterocycles. The van der Waals surface area contributed by atoms with E-state index in [0.717, 1.165) is 123 Å². The Balaban J connectivity index is 0.985. The molecule has 3 aliphatic heterocycles. The average molecular weight is 1050 g/mol. The highest BCUT2D eigenvalue weighted by molar-refractivity contribution is 6.99. The molecule has 0 saturated carbocycles. The molecular weight excluding hydrogens is 988 g/mol. The SMILES string of the molecule is [2H]c1c([2H])c([2H])c2c(c1[2H])c1c([2H])c([2H])c([2H])c([2H])c1n2-c1ccc2c(c1)N(c1c(-c3ccccc3)cccc1-c1ccccc1)c1cc(-c3ccc4c(c3)C(C)(C)c3ccccc3O4)cc3c1B2c1ccc(-c2ccc4oc5ccccc5c4c2)cc1O3. The molecule has 3 aliphatic rings. The molecule has 81 heavy (non-hydrogen) atoms. The first-order chi connectivity index (χ1) is 43.2. The second kappa shape index (κ2) is 17.4. The zero-order valence-corrected chi connectivity index (χ0v) is 43.9. The molecule has 0 atom stereocenters. The van der Waals surface area contributed by atoms with Crippen molar-refractivity contribution in [2.75, 3.05) is 4.90 Å². The molecule has 380 valence electrons. The Hall–Kier alpha value is -10.3. The molecular formula is C75H49BN2O3. The molecule has 12 aromatic carbocycles. The van der Waals surface area contributed by atoms with Gasteiger partial charge in [0.25, 0.3) is 6.71 Å². The zero-order valence-electron chi connectivity index (χ0n) is 51.9. The van der Waals surface area contributed by atoms with Crippen molar-refractivity contribution in [1.82, 2.24) is 4.57 Å². The summed E-state index contributed by atoms with van der Waals surface area (Å²) in [6, 6.07) is 69.3. The topological polar surface area (TPSA) is 39.8 Å². The molecule has 0 bridgehead atoms. The van der Waals surface area contributed by atoms with Crippen molar-refractivity contribution in [1.29, 1.82) is 0 Å². The lowest BCUT2D eigenvalue weighted by Crippen LogP contribution is -2.59. The largest absolute Gasteiger partial charge is 0.458 e. The van der Waals surface area contributed by atoms with E-state index in [1.165, 1.54) is 0 Å². The van der Waals surface area contributed by atoms with E-state index in [1.54, 1.807) is 4.57 Å². The maximum absolute atomic E-state index is 9.58. The summed E-state index contributed by atoms with van der Waals surface area (Å²) in [5.74, 6) is 2.94. The van der Waals surface area contributed by atoms with E-state index in [4.69, 9.17) is 19.4 Å². The lowest BCUT2D eigenvalue weighted by Gasteiger charge is -2.42. The predicted molar refractivity (Wildman–Crippen MR) is 334 cm³/mol. The first-order valence-corrected chi connectivity index (χ1v) is 27.3. The van der Waals surface area contributed by atoms with Crippen molar-refractivity contribution in [3.63, 3.8) is 0 Å². The van der Waals surface area contributed by atoms with Gasteiger partial charge in [0.1, 0.15) is 34.2 Å². The molecule has 0 aliphatic carbocycles. The van der Waals surface area contributed by atoms with Crippen LogP contribution in [-0.2, 0) is 5.41 Å². The Bertz CT molecular complexity index is 5300. The smallest absolute Gasteiger partial charge is 0.256 e. The monoisotopic (exact) mass is 1040 g/mol. The summed E-state index contributed by atoms with van der Waals surface area (Å²) in [7, 11) is 0. The Labute approximate surface area is 480 Å². The fraction of sp³-hybridized carbons (Fsp3) is 0.0400. The van der Waals surface area contributed by atoms with Gasteiger partial charge in [0.15, 0.2) is 0 Å². The van der Waals surface area contributed by atoms with Gasteiger partial charge >= 0.3 is 0 Å². The molecule has 17 rings (SSSR count). The maximum atomic E-state index is 9.58. The summed E-state index contributed by atoms with van der Waals surface area (Å²) < 4.78 is 95.7. The Morgan fingerprint density at radius 1 is 0.407 bits per heavy atom. The Morgan fingerprint density at radius 3 is 1.79 bits per heavy atom. The summed E-state index contributed by atoms with van der Waals surface area (Å²) in [4.78, 5) is 2.32. The number of hydrogen-bond acceptors (Lipinski definition) is 4. The zero-order chi connectivity index (χ0) is 60.5. The Morgan fingerprint density at radius 2 is 1.01 bits per heavy atom. The highest BCUT2D eigenvalue weighted by Crippen LogP contribution is 2.53. The fourth-order valence-corrected chi connectivity index (χ4v) is 13.1. The van der Waals surface area contributed by atoms with E-state index in [1.807, 2.05) is 84.9 Å². The number of furan rings is 1. The quantitative estimate of drug-likeness (QED) is 0.156. The molecule has 0 radical (unpaired) electrons. The molecule has 0 fully saturated rings. The number of aromatic nitrogens is 1. The fourth-order valence-electron chi connectivity index (χ4n) is 13.1. The second-order valence-electron chi connectivity index (χ2n) is 21.7. The van der Waals surface area contributed by atoms with Crippen LogP contribution in [0.2, 0.25) is 0 Å². The number of fused-ring (bicyclic) bond motifs is 12. The molecule has 6 heteroatoms. The number of ether oxygens (including phenoxy) is 2. The lowest BCUT2D eigenvalue weighted by molar-refractivity contribution is 0.418.